The normalized spacial score (nSPS) is 12.7. The summed E-state index contributed by atoms with van der Waals surface area (Å²) in [5.74, 6) is 0.467. The number of benzene rings is 2. The van der Waals surface area contributed by atoms with E-state index >= 15 is 0 Å². The fourth-order valence-corrected chi connectivity index (χ4v) is 2.99. The summed E-state index contributed by atoms with van der Waals surface area (Å²) in [7, 11) is 0. The first kappa shape index (κ1) is 24.3. The van der Waals surface area contributed by atoms with Gasteiger partial charge < -0.3 is 30.6 Å². The van der Waals surface area contributed by atoms with Crippen LogP contribution in [-0.4, -0.2) is 33.1 Å². The maximum Gasteiger partial charge on any atom is 0.258 e. The number of nitrogens with zero attached hydrogens (tertiary/aromatic N) is 2. The van der Waals surface area contributed by atoms with Gasteiger partial charge in [-0.25, -0.2) is 0 Å². The molecule has 0 spiro atoms. The van der Waals surface area contributed by atoms with Crippen molar-refractivity contribution >= 4 is 12.4 Å². The summed E-state index contributed by atoms with van der Waals surface area (Å²) in [6, 6.07) is 11.7. The van der Waals surface area contributed by atoms with Gasteiger partial charge in [0.05, 0.1) is 6.10 Å². The Morgan fingerprint density at radius 1 is 1.16 bits per heavy atom. The molecule has 2 unspecified atom stereocenters. The molecule has 0 aliphatic carbocycles. The molecule has 3 aromatic rings. The van der Waals surface area contributed by atoms with E-state index in [9.17, 15) is 20.5 Å². The summed E-state index contributed by atoms with van der Waals surface area (Å²) >= 11 is 0. The van der Waals surface area contributed by atoms with Gasteiger partial charge in [-0.3, -0.25) is 4.63 Å². The molecule has 2 aromatic carbocycles. The van der Waals surface area contributed by atoms with Gasteiger partial charge in [-0.2, -0.15) is 0 Å². The third-order valence-corrected chi connectivity index (χ3v) is 4.73. The Bertz CT molecular complexity index is 959. The number of phenolic OH excluding ortho intramolecular Hbond substituents is 2. The minimum Gasteiger partial charge on any atom is -0.508 e. The van der Waals surface area contributed by atoms with Crippen LogP contribution in [0.1, 0.15) is 35.5 Å². The first-order chi connectivity index (χ1) is 14.3. The van der Waals surface area contributed by atoms with Crippen molar-refractivity contribution in [3.8, 4) is 17.2 Å². The van der Waals surface area contributed by atoms with Crippen LogP contribution in [0.4, 0.5) is 0 Å². The lowest BCUT2D eigenvalue weighted by atomic mass is 10.1. The molecule has 0 fully saturated rings. The smallest absolute Gasteiger partial charge is 0.258 e. The lowest BCUT2D eigenvalue weighted by molar-refractivity contribution is -0.806. The van der Waals surface area contributed by atoms with Crippen LogP contribution in [0.15, 0.2) is 47.1 Å². The molecule has 168 valence electrons. The molecule has 9 nitrogen and oxygen atoms in total. The van der Waals surface area contributed by atoms with Gasteiger partial charge in [-0.15, -0.1) is 12.4 Å². The molecule has 1 aromatic heterocycles. The predicted molar refractivity (Wildman–Crippen MR) is 114 cm³/mol. The van der Waals surface area contributed by atoms with Crippen molar-refractivity contribution in [1.82, 2.24) is 10.5 Å². The minimum atomic E-state index is -0.853. The van der Waals surface area contributed by atoms with Crippen LogP contribution < -0.4 is 15.0 Å². The SMILES string of the molecule is Cc1c(COc2ccc(CC(C)NCC(O)c3cc(O)cc(O)c3)cc2)no[n+]1[O-].Cl. The number of hydrogen-bond acceptors (Lipinski definition) is 8. The molecule has 31 heavy (non-hydrogen) atoms. The Hall–Kier alpha value is -3.01. The highest BCUT2D eigenvalue weighted by Gasteiger charge is 2.15. The number of hydrogen-bond donors (Lipinski definition) is 4. The second kappa shape index (κ2) is 10.9. The average molecular weight is 452 g/mol. The molecule has 3 rings (SSSR count). The van der Waals surface area contributed by atoms with Crippen LogP contribution in [0.2, 0.25) is 0 Å². The number of halogens is 1. The van der Waals surface area contributed by atoms with Crippen LogP contribution in [0.5, 0.6) is 17.2 Å². The second-order valence-electron chi connectivity index (χ2n) is 7.21. The highest BCUT2D eigenvalue weighted by Crippen LogP contribution is 2.24. The summed E-state index contributed by atoms with van der Waals surface area (Å²) in [5.41, 5.74) is 2.35. The molecule has 0 bridgehead atoms. The van der Waals surface area contributed by atoms with Crippen molar-refractivity contribution in [2.75, 3.05) is 6.54 Å². The highest BCUT2D eigenvalue weighted by molar-refractivity contribution is 5.85. The maximum atomic E-state index is 11.2. The molecule has 2 atom stereocenters. The molecular formula is C21H26ClN3O6. The van der Waals surface area contributed by atoms with Gasteiger partial charge in [0.2, 0.25) is 0 Å². The molecule has 0 aliphatic rings. The van der Waals surface area contributed by atoms with Crippen molar-refractivity contribution in [2.24, 2.45) is 0 Å². The van der Waals surface area contributed by atoms with Gasteiger partial charge >= 0.3 is 0 Å². The topological polar surface area (TPSA) is 135 Å². The molecule has 0 amide bonds. The number of rotatable bonds is 9. The van der Waals surface area contributed by atoms with E-state index < -0.39 is 6.10 Å². The Labute approximate surface area is 185 Å². The Kier molecular flexibility index (Phi) is 8.49. The fourth-order valence-electron chi connectivity index (χ4n) is 2.99. The monoisotopic (exact) mass is 451 g/mol. The number of ether oxygens (including phenoxy) is 1. The summed E-state index contributed by atoms with van der Waals surface area (Å²) < 4.78 is 10.1. The van der Waals surface area contributed by atoms with Crippen LogP contribution in [0.3, 0.4) is 0 Å². The second-order valence-corrected chi connectivity index (χ2v) is 7.21. The van der Waals surface area contributed by atoms with Gasteiger partial charge in [0, 0.05) is 30.7 Å². The third kappa shape index (κ3) is 6.74. The summed E-state index contributed by atoms with van der Waals surface area (Å²) in [5, 5.41) is 47.4. The summed E-state index contributed by atoms with van der Waals surface area (Å²) in [4.78, 5) is 0.344. The van der Waals surface area contributed by atoms with E-state index in [0.29, 0.717) is 27.6 Å². The predicted octanol–water partition coefficient (Wildman–Crippen LogP) is 2.28. The maximum absolute atomic E-state index is 11.2. The Morgan fingerprint density at radius 2 is 1.81 bits per heavy atom. The molecule has 10 heteroatoms. The van der Waals surface area contributed by atoms with E-state index in [2.05, 4.69) is 15.1 Å². The number of aromatic nitrogens is 2. The standard InChI is InChI=1S/C21H25N3O6.ClH/c1-13(22-11-21(27)16-8-17(25)10-18(26)9-16)7-15-3-5-19(6-4-15)29-12-20-14(2)24(28)30-23-20;/h3-6,8-10,13,21-22,25-27H,7,11-12H2,1-2H3;1H. The van der Waals surface area contributed by atoms with Gasteiger partial charge in [0.25, 0.3) is 5.69 Å². The van der Waals surface area contributed by atoms with Gasteiger partial charge in [-0.05, 0) is 53.6 Å². The highest BCUT2D eigenvalue weighted by atomic mass is 35.5. The number of aliphatic hydroxyl groups excluding tert-OH is 1. The van der Waals surface area contributed by atoms with E-state index in [-0.39, 0.29) is 43.1 Å². The van der Waals surface area contributed by atoms with Crippen LogP contribution in [0, 0.1) is 12.1 Å². The molecule has 0 saturated carbocycles. The molecule has 1 heterocycles. The van der Waals surface area contributed by atoms with Crippen molar-refractivity contribution in [3.63, 3.8) is 0 Å². The molecule has 0 saturated heterocycles. The van der Waals surface area contributed by atoms with E-state index in [0.717, 1.165) is 12.0 Å². The molecule has 0 radical (unpaired) electrons. The largest absolute Gasteiger partial charge is 0.508 e. The van der Waals surface area contributed by atoms with Crippen molar-refractivity contribution in [3.05, 3.63) is 70.2 Å². The summed E-state index contributed by atoms with van der Waals surface area (Å²) in [6.07, 6.45) is -0.120. The molecule has 4 N–H and O–H groups in total. The van der Waals surface area contributed by atoms with Crippen LogP contribution >= 0.6 is 12.4 Å². The quantitative estimate of drug-likeness (QED) is 0.364. The molecular weight excluding hydrogens is 426 g/mol. The fraction of sp³-hybridized carbons (Fsp3) is 0.333. The van der Waals surface area contributed by atoms with Gasteiger partial charge in [-0.1, -0.05) is 12.1 Å². The Balaban J connectivity index is 0.00000341. The average Bonchev–Trinajstić information content (AvgIpc) is 3.03. The third-order valence-electron chi connectivity index (χ3n) is 4.73. The summed E-state index contributed by atoms with van der Waals surface area (Å²) in [6.45, 7) is 4.04. The number of phenols is 2. The van der Waals surface area contributed by atoms with Gasteiger partial charge in [0.15, 0.2) is 12.3 Å². The zero-order chi connectivity index (χ0) is 21.7. The number of nitrogens with one attached hydrogen (secondary N) is 1. The Morgan fingerprint density at radius 3 is 2.39 bits per heavy atom. The zero-order valence-corrected chi connectivity index (χ0v) is 18.0. The van der Waals surface area contributed by atoms with Crippen LogP contribution in [-0.2, 0) is 13.0 Å². The van der Waals surface area contributed by atoms with Crippen molar-refractivity contribution < 1.29 is 29.6 Å². The first-order valence-corrected chi connectivity index (χ1v) is 9.53. The first-order valence-electron chi connectivity index (χ1n) is 9.53. The van der Waals surface area contributed by atoms with E-state index in [1.807, 2.05) is 31.2 Å². The van der Waals surface area contributed by atoms with Crippen molar-refractivity contribution in [1.29, 1.82) is 0 Å². The van der Waals surface area contributed by atoms with E-state index in [4.69, 9.17) is 4.74 Å². The van der Waals surface area contributed by atoms with Crippen LogP contribution in [0.25, 0.3) is 0 Å². The number of aromatic hydroxyl groups is 2. The number of aliphatic hydroxyl groups is 1. The minimum absolute atomic E-state index is 0. The van der Waals surface area contributed by atoms with E-state index in [1.54, 1.807) is 6.92 Å². The van der Waals surface area contributed by atoms with Gasteiger partial charge in [0.1, 0.15) is 17.2 Å². The lowest BCUT2D eigenvalue weighted by Crippen LogP contribution is -2.32. The molecule has 0 aliphatic heterocycles. The zero-order valence-electron chi connectivity index (χ0n) is 17.2. The van der Waals surface area contributed by atoms with Crippen molar-refractivity contribution in [2.45, 2.75) is 39.0 Å². The van der Waals surface area contributed by atoms with E-state index in [1.165, 1.54) is 18.2 Å². The lowest BCUT2D eigenvalue weighted by Gasteiger charge is -2.18.